The third-order valence-electron chi connectivity index (χ3n) is 1.94. The summed E-state index contributed by atoms with van der Waals surface area (Å²) in [6.07, 6.45) is 1.87. The molecule has 1 aromatic rings. The van der Waals surface area contributed by atoms with E-state index >= 15 is 0 Å². The molecule has 0 N–H and O–H groups in total. The smallest absolute Gasteiger partial charge is 0.116 e. The van der Waals surface area contributed by atoms with Gasteiger partial charge in [-0.2, -0.15) is 10.5 Å². The summed E-state index contributed by atoms with van der Waals surface area (Å²) in [5.41, 5.74) is 1.66. The molecule has 0 aliphatic rings. The topological polar surface area (TPSA) is 60.5 Å². The second-order valence-electron chi connectivity index (χ2n) is 3.09. The van der Waals surface area contributed by atoms with E-state index in [1.807, 2.05) is 12.1 Å². The molecule has 0 unspecified atom stereocenters. The van der Waals surface area contributed by atoms with E-state index in [1.165, 1.54) is 11.8 Å². The summed E-state index contributed by atoms with van der Waals surface area (Å²) >= 11 is 3.47. The van der Waals surface area contributed by atoms with E-state index < -0.39 is 0 Å². The van der Waals surface area contributed by atoms with Gasteiger partial charge >= 0.3 is 0 Å². The molecule has 1 aromatic heterocycles. The molecule has 0 spiro atoms. The summed E-state index contributed by atoms with van der Waals surface area (Å²) in [6, 6.07) is 6.18. The maximum Gasteiger partial charge on any atom is 0.116 e. The fourth-order valence-electron chi connectivity index (χ4n) is 1.33. The molecule has 1 rings (SSSR count). The Balaban J connectivity index is 3.16. The molecule has 0 atom stereocenters. The molecular weight excluding hydrogens is 333 g/mol. The van der Waals surface area contributed by atoms with Crippen LogP contribution in [0, 0.1) is 26.4 Å². The van der Waals surface area contributed by atoms with Gasteiger partial charge in [0, 0.05) is 0 Å². The summed E-state index contributed by atoms with van der Waals surface area (Å²) in [5, 5.41) is 18.4. The minimum Gasteiger partial charge on any atom is -0.234 e. The molecule has 0 amide bonds. The average Bonchev–Trinajstić information content (AvgIpc) is 2.26. The highest BCUT2D eigenvalue weighted by molar-refractivity contribution is 14.1. The molecule has 0 saturated heterocycles. The Bertz CT molecular complexity index is 460. The number of hydrogen-bond acceptors (Lipinski definition) is 4. The van der Waals surface area contributed by atoms with Crippen molar-refractivity contribution in [1.82, 2.24) is 4.98 Å². The van der Waals surface area contributed by atoms with Crippen molar-refractivity contribution in [3.63, 3.8) is 0 Å². The van der Waals surface area contributed by atoms with Crippen molar-refractivity contribution in [3.8, 4) is 12.1 Å². The first-order valence-electron chi connectivity index (χ1n) is 4.82. The Morgan fingerprint density at radius 2 is 2.25 bits per heavy atom. The average molecular weight is 343 g/mol. The molecular formula is C11H10IN3S. The van der Waals surface area contributed by atoms with E-state index in [-0.39, 0.29) is 0 Å². The van der Waals surface area contributed by atoms with Crippen molar-refractivity contribution in [2.45, 2.75) is 24.8 Å². The monoisotopic (exact) mass is 343 g/mol. The van der Waals surface area contributed by atoms with Crippen LogP contribution in [0.15, 0.2) is 11.1 Å². The van der Waals surface area contributed by atoms with Gasteiger partial charge in [-0.05, 0) is 40.6 Å². The number of hydrogen-bond donors (Lipinski definition) is 0. The number of pyridine rings is 1. The van der Waals surface area contributed by atoms with Gasteiger partial charge in [0.05, 0.1) is 17.4 Å². The molecule has 82 valence electrons. The first-order valence-corrected chi connectivity index (χ1v) is 6.88. The molecule has 16 heavy (non-hydrogen) atoms. The fourth-order valence-corrected chi connectivity index (χ4v) is 2.80. The summed E-state index contributed by atoms with van der Waals surface area (Å²) in [6.45, 7) is 2.08. The molecule has 0 fully saturated rings. The maximum atomic E-state index is 9.13. The number of aryl methyl sites for hydroxylation is 1. The SMILES string of the molecule is CCCc1cc(I)nc(SCC#N)c1C#N. The molecule has 3 nitrogen and oxygen atoms in total. The Kier molecular flexibility index (Phi) is 5.58. The third kappa shape index (κ3) is 3.36. The van der Waals surface area contributed by atoms with Crippen molar-refractivity contribution >= 4 is 34.4 Å². The first kappa shape index (κ1) is 13.3. The minimum atomic E-state index is 0.327. The van der Waals surface area contributed by atoms with Gasteiger partial charge in [0.15, 0.2) is 0 Å². The number of nitrogens with zero attached hydrogens (tertiary/aromatic N) is 3. The zero-order valence-corrected chi connectivity index (χ0v) is 11.8. The quantitative estimate of drug-likeness (QED) is 0.479. The predicted octanol–water partition coefficient (Wildman–Crippen LogP) is 3.13. The molecule has 0 bridgehead atoms. The second kappa shape index (κ2) is 6.72. The van der Waals surface area contributed by atoms with Gasteiger partial charge < -0.3 is 0 Å². The van der Waals surface area contributed by atoms with E-state index in [9.17, 15) is 0 Å². The molecule has 0 aromatic carbocycles. The predicted molar refractivity (Wildman–Crippen MR) is 72.0 cm³/mol. The van der Waals surface area contributed by atoms with Crippen LogP contribution in [-0.2, 0) is 6.42 Å². The van der Waals surface area contributed by atoms with Gasteiger partial charge in [0.25, 0.3) is 0 Å². The van der Waals surface area contributed by atoms with Crippen LogP contribution in [-0.4, -0.2) is 10.7 Å². The summed E-state index contributed by atoms with van der Waals surface area (Å²) in [4.78, 5) is 4.30. The van der Waals surface area contributed by atoms with Crippen molar-refractivity contribution in [2.75, 3.05) is 5.75 Å². The Labute approximate surface area is 113 Å². The Hall–Kier alpha value is -0.790. The Morgan fingerprint density at radius 1 is 1.50 bits per heavy atom. The van der Waals surface area contributed by atoms with E-state index in [1.54, 1.807) is 0 Å². The molecule has 0 saturated carbocycles. The van der Waals surface area contributed by atoms with Crippen LogP contribution < -0.4 is 0 Å². The van der Waals surface area contributed by atoms with Crippen LogP contribution in [0.25, 0.3) is 0 Å². The van der Waals surface area contributed by atoms with E-state index in [4.69, 9.17) is 10.5 Å². The van der Waals surface area contributed by atoms with Gasteiger partial charge in [-0.1, -0.05) is 25.1 Å². The van der Waals surface area contributed by atoms with Crippen LogP contribution in [0.4, 0.5) is 0 Å². The molecule has 5 heteroatoms. The van der Waals surface area contributed by atoms with Crippen molar-refractivity contribution in [3.05, 3.63) is 20.9 Å². The summed E-state index contributed by atoms with van der Waals surface area (Å²) in [5.74, 6) is 0.327. The number of rotatable bonds is 4. The van der Waals surface area contributed by atoms with Crippen LogP contribution >= 0.6 is 34.4 Å². The highest BCUT2D eigenvalue weighted by Gasteiger charge is 2.11. The van der Waals surface area contributed by atoms with Gasteiger partial charge in [0.2, 0.25) is 0 Å². The van der Waals surface area contributed by atoms with Gasteiger partial charge in [0.1, 0.15) is 14.8 Å². The summed E-state index contributed by atoms with van der Waals surface area (Å²) < 4.78 is 0.875. The van der Waals surface area contributed by atoms with Crippen LogP contribution in [0.5, 0.6) is 0 Å². The normalized spacial score (nSPS) is 9.50. The van der Waals surface area contributed by atoms with E-state index in [0.29, 0.717) is 16.3 Å². The lowest BCUT2D eigenvalue weighted by atomic mass is 10.1. The van der Waals surface area contributed by atoms with Crippen LogP contribution in [0.2, 0.25) is 0 Å². The van der Waals surface area contributed by atoms with Crippen LogP contribution in [0.3, 0.4) is 0 Å². The van der Waals surface area contributed by atoms with E-state index in [0.717, 1.165) is 22.1 Å². The highest BCUT2D eigenvalue weighted by atomic mass is 127. The largest absolute Gasteiger partial charge is 0.234 e. The van der Waals surface area contributed by atoms with Crippen molar-refractivity contribution in [1.29, 1.82) is 10.5 Å². The molecule has 0 aliphatic heterocycles. The number of aromatic nitrogens is 1. The number of thioether (sulfide) groups is 1. The molecule has 0 aliphatic carbocycles. The lowest BCUT2D eigenvalue weighted by Gasteiger charge is -2.07. The van der Waals surface area contributed by atoms with Crippen LogP contribution in [0.1, 0.15) is 24.5 Å². The molecule has 0 radical (unpaired) electrons. The van der Waals surface area contributed by atoms with Crippen molar-refractivity contribution < 1.29 is 0 Å². The van der Waals surface area contributed by atoms with Crippen molar-refractivity contribution in [2.24, 2.45) is 0 Å². The van der Waals surface area contributed by atoms with E-state index in [2.05, 4.69) is 40.6 Å². The lowest BCUT2D eigenvalue weighted by Crippen LogP contribution is -1.98. The van der Waals surface area contributed by atoms with Gasteiger partial charge in [-0.3, -0.25) is 0 Å². The number of nitriles is 2. The minimum absolute atomic E-state index is 0.327. The zero-order valence-electron chi connectivity index (χ0n) is 8.83. The second-order valence-corrected chi connectivity index (χ2v) is 5.16. The molecule has 1 heterocycles. The van der Waals surface area contributed by atoms with Gasteiger partial charge in [-0.15, -0.1) is 0 Å². The number of halogens is 1. The van der Waals surface area contributed by atoms with Gasteiger partial charge in [-0.25, -0.2) is 4.98 Å². The maximum absolute atomic E-state index is 9.13. The lowest BCUT2D eigenvalue weighted by molar-refractivity contribution is 0.896. The fraction of sp³-hybridized carbons (Fsp3) is 0.364. The standard InChI is InChI=1S/C11H10IN3S/c1-2-3-8-6-10(12)15-11(9(8)7-14)16-5-4-13/h6H,2-3,5H2,1H3. The first-order chi connectivity index (χ1) is 7.72. The zero-order chi connectivity index (χ0) is 12.0. The summed E-state index contributed by atoms with van der Waals surface area (Å²) in [7, 11) is 0. The Morgan fingerprint density at radius 3 is 2.81 bits per heavy atom. The third-order valence-corrected chi connectivity index (χ3v) is 3.34. The highest BCUT2D eigenvalue weighted by Crippen LogP contribution is 2.25.